The minimum absolute atomic E-state index is 0.162. The predicted octanol–water partition coefficient (Wildman–Crippen LogP) is 3.01. The molecular weight excluding hydrogens is 236 g/mol. The van der Waals surface area contributed by atoms with Crippen molar-refractivity contribution in [3.05, 3.63) is 35.4 Å². The molecule has 2 heterocycles. The number of aromatic nitrogens is 1. The molecule has 0 spiro atoms. The van der Waals surface area contributed by atoms with Gasteiger partial charge in [-0.05, 0) is 29.2 Å². The normalized spacial score (nSPS) is 15.7. The summed E-state index contributed by atoms with van der Waals surface area (Å²) in [6, 6.07) is 8.70. The molecule has 1 aromatic heterocycles. The molecule has 0 fully saturated rings. The molecule has 2 aromatic rings. The molecule has 19 heavy (non-hydrogen) atoms. The van der Waals surface area contributed by atoms with Crippen molar-refractivity contribution in [2.24, 2.45) is 0 Å². The van der Waals surface area contributed by atoms with Crippen LogP contribution in [0.15, 0.2) is 24.3 Å². The third-order valence-electron chi connectivity index (χ3n) is 3.55. The van der Waals surface area contributed by atoms with Crippen molar-refractivity contribution in [2.75, 3.05) is 13.2 Å². The van der Waals surface area contributed by atoms with Crippen molar-refractivity contribution in [2.45, 2.75) is 32.7 Å². The Balaban J connectivity index is 2.13. The summed E-state index contributed by atoms with van der Waals surface area (Å²) in [6.07, 6.45) is 0. The number of benzene rings is 1. The van der Waals surface area contributed by atoms with Gasteiger partial charge >= 0.3 is 0 Å². The molecule has 1 aromatic carbocycles. The van der Waals surface area contributed by atoms with Crippen LogP contribution in [0.2, 0.25) is 0 Å². The Bertz CT molecular complexity index is 614. The molecular formula is C16H20N2O. The van der Waals surface area contributed by atoms with Gasteiger partial charge in [0.25, 0.3) is 0 Å². The van der Waals surface area contributed by atoms with Crippen LogP contribution in [-0.2, 0) is 12.0 Å². The topological polar surface area (TPSA) is 34.2 Å². The van der Waals surface area contributed by atoms with Crippen LogP contribution >= 0.6 is 0 Å². The minimum atomic E-state index is 0.162. The largest absolute Gasteiger partial charge is 0.476 e. The number of rotatable bonds is 0. The van der Waals surface area contributed by atoms with Gasteiger partial charge in [0.2, 0.25) is 5.88 Å². The number of hydrogen-bond acceptors (Lipinski definition) is 3. The van der Waals surface area contributed by atoms with Crippen LogP contribution in [0.4, 0.5) is 0 Å². The van der Waals surface area contributed by atoms with Crippen LogP contribution in [0.25, 0.3) is 10.9 Å². The Morgan fingerprint density at radius 1 is 1.21 bits per heavy atom. The minimum Gasteiger partial charge on any atom is -0.476 e. The lowest BCUT2D eigenvalue weighted by molar-refractivity contribution is 0.315. The Labute approximate surface area is 114 Å². The van der Waals surface area contributed by atoms with Crippen molar-refractivity contribution < 1.29 is 4.74 Å². The molecule has 1 aliphatic heterocycles. The second kappa shape index (κ2) is 4.49. The van der Waals surface area contributed by atoms with E-state index in [0.29, 0.717) is 6.61 Å². The third-order valence-corrected chi connectivity index (χ3v) is 3.55. The maximum absolute atomic E-state index is 5.68. The molecule has 0 bridgehead atoms. The SMILES string of the molecule is CC(C)(C)c1ccc2nc3c(cc2c1)CNCCO3. The average molecular weight is 256 g/mol. The van der Waals surface area contributed by atoms with Gasteiger partial charge in [-0.25, -0.2) is 4.98 Å². The molecule has 3 nitrogen and oxygen atoms in total. The Kier molecular flexibility index (Phi) is 2.94. The lowest BCUT2D eigenvalue weighted by Crippen LogP contribution is -2.16. The van der Waals surface area contributed by atoms with Gasteiger partial charge < -0.3 is 10.1 Å². The average Bonchev–Trinajstić information content (AvgIpc) is 2.58. The summed E-state index contributed by atoms with van der Waals surface area (Å²) < 4.78 is 5.68. The van der Waals surface area contributed by atoms with E-state index in [9.17, 15) is 0 Å². The van der Waals surface area contributed by atoms with E-state index in [1.807, 2.05) is 0 Å². The monoisotopic (exact) mass is 256 g/mol. The zero-order chi connectivity index (χ0) is 13.5. The molecule has 1 aliphatic rings. The van der Waals surface area contributed by atoms with E-state index < -0.39 is 0 Å². The predicted molar refractivity (Wildman–Crippen MR) is 77.6 cm³/mol. The van der Waals surface area contributed by atoms with E-state index in [2.05, 4.69) is 55.3 Å². The van der Waals surface area contributed by atoms with Crippen LogP contribution in [0, 0.1) is 0 Å². The summed E-state index contributed by atoms with van der Waals surface area (Å²) in [5.74, 6) is 0.779. The molecule has 0 amide bonds. The molecule has 100 valence electrons. The van der Waals surface area contributed by atoms with Crippen LogP contribution in [-0.4, -0.2) is 18.1 Å². The number of pyridine rings is 1. The molecule has 3 heteroatoms. The summed E-state index contributed by atoms with van der Waals surface area (Å²) >= 11 is 0. The van der Waals surface area contributed by atoms with Gasteiger partial charge in [0.15, 0.2) is 0 Å². The highest BCUT2D eigenvalue weighted by atomic mass is 16.5. The van der Waals surface area contributed by atoms with Gasteiger partial charge in [-0.1, -0.05) is 26.8 Å². The maximum atomic E-state index is 5.68. The molecule has 1 N–H and O–H groups in total. The first-order valence-electron chi connectivity index (χ1n) is 6.82. The van der Waals surface area contributed by atoms with E-state index in [0.717, 1.165) is 30.0 Å². The van der Waals surface area contributed by atoms with E-state index >= 15 is 0 Å². The number of hydrogen-bond donors (Lipinski definition) is 1. The molecule has 0 saturated carbocycles. The van der Waals surface area contributed by atoms with Gasteiger partial charge in [-0.15, -0.1) is 0 Å². The summed E-state index contributed by atoms with van der Waals surface area (Å²) in [5.41, 5.74) is 3.66. The number of fused-ring (bicyclic) bond motifs is 2. The second-order valence-electron chi connectivity index (χ2n) is 6.14. The van der Waals surface area contributed by atoms with Crippen LogP contribution < -0.4 is 10.1 Å². The summed E-state index contributed by atoms with van der Waals surface area (Å²) in [5, 5.41) is 4.54. The van der Waals surface area contributed by atoms with Crippen molar-refractivity contribution >= 4 is 10.9 Å². The summed E-state index contributed by atoms with van der Waals surface area (Å²) in [7, 11) is 0. The lowest BCUT2D eigenvalue weighted by atomic mass is 9.86. The number of ether oxygens (including phenoxy) is 1. The highest BCUT2D eigenvalue weighted by molar-refractivity contribution is 5.81. The summed E-state index contributed by atoms with van der Waals surface area (Å²) in [4.78, 5) is 4.64. The fourth-order valence-electron chi connectivity index (χ4n) is 2.36. The van der Waals surface area contributed by atoms with Crippen molar-refractivity contribution in [1.29, 1.82) is 0 Å². The van der Waals surface area contributed by atoms with E-state index in [1.54, 1.807) is 0 Å². The van der Waals surface area contributed by atoms with Crippen LogP contribution in [0.1, 0.15) is 31.9 Å². The van der Waals surface area contributed by atoms with Crippen LogP contribution in [0.5, 0.6) is 5.88 Å². The molecule has 0 aliphatic carbocycles. The third kappa shape index (κ3) is 2.43. The Morgan fingerprint density at radius 3 is 2.84 bits per heavy atom. The highest BCUT2D eigenvalue weighted by Gasteiger charge is 2.16. The Morgan fingerprint density at radius 2 is 2.05 bits per heavy atom. The lowest BCUT2D eigenvalue weighted by Gasteiger charge is -2.19. The maximum Gasteiger partial charge on any atom is 0.218 e. The summed E-state index contributed by atoms with van der Waals surface area (Å²) in [6.45, 7) is 9.09. The Hall–Kier alpha value is -1.61. The first kappa shape index (κ1) is 12.4. The zero-order valence-electron chi connectivity index (χ0n) is 11.8. The number of nitrogens with one attached hydrogen (secondary N) is 1. The molecule has 0 saturated heterocycles. The van der Waals surface area contributed by atoms with Crippen molar-refractivity contribution in [1.82, 2.24) is 10.3 Å². The zero-order valence-corrected chi connectivity index (χ0v) is 11.8. The van der Waals surface area contributed by atoms with E-state index in [-0.39, 0.29) is 5.41 Å². The first-order chi connectivity index (χ1) is 9.04. The molecule has 0 radical (unpaired) electrons. The fourth-order valence-corrected chi connectivity index (χ4v) is 2.36. The number of nitrogens with zero attached hydrogens (tertiary/aromatic N) is 1. The van der Waals surface area contributed by atoms with Gasteiger partial charge in [-0.2, -0.15) is 0 Å². The van der Waals surface area contributed by atoms with E-state index in [1.165, 1.54) is 10.9 Å². The standard InChI is InChI=1S/C16H20N2O/c1-16(2,3)13-4-5-14-11(9-13)8-12-10-17-6-7-19-15(12)18-14/h4-5,8-9,17H,6-7,10H2,1-3H3. The van der Waals surface area contributed by atoms with Gasteiger partial charge in [-0.3, -0.25) is 0 Å². The molecule has 3 rings (SSSR count). The van der Waals surface area contributed by atoms with Gasteiger partial charge in [0.05, 0.1) is 5.52 Å². The van der Waals surface area contributed by atoms with Gasteiger partial charge in [0.1, 0.15) is 6.61 Å². The first-order valence-corrected chi connectivity index (χ1v) is 6.82. The quantitative estimate of drug-likeness (QED) is 0.786. The molecule has 0 unspecified atom stereocenters. The fraction of sp³-hybridized carbons (Fsp3) is 0.438. The molecule has 0 atom stereocenters. The van der Waals surface area contributed by atoms with E-state index in [4.69, 9.17) is 4.74 Å². The van der Waals surface area contributed by atoms with Crippen molar-refractivity contribution in [3.63, 3.8) is 0 Å². The smallest absolute Gasteiger partial charge is 0.218 e. The second-order valence-corrected chi connectivity index (χ2v) is 6.14. The van der Waals surface area contributed by atoms with Gasteiger partial charge in [0, 0.05) is 24.0 Å². The highest BCUT2D eigenvalue weighted by Crippen LogP contribution is 2.28. The van der Waals surface area contributed by atoms with Crippen molar-refractivity contribution in [3.8, 4) is 5.88 Å². The van der Waals surface area contributed by atoms with Crippen LogP contribution in [0.3, 0.4) is 0 Å².